The highest BCUT2D eigenvalue weighted by molar-refractivity contribution is 7.98. The highest BCUT2D eigenvalue weighted by Gasteiger charge is 2.21. The molecule has 1 aliphatic rings. The first kappa shape index (κ1) is 17.1. The fourth-order valence-electron chi connectivity index (χ4n) is 2.92. The van der Waals surface area contributed by atoms with Crippen molar-refractivity contribution >= 4 is 22.9 Å². The van der Waals surface area contributed by atoms with E-state index in [4.69, 9.17) is 4.74 Å². The van der Waals surface area contributed by atoms with Gasteiger partial charge < -0.3 is 4.74 Å². The van der Waals surface area contributed by atoms with Crippen LogP contribution in [0.4, 0.5) is 4.39 Å². The van der Waals surface area contributed by atoms with Gasteiger partial charge >= 0.3 is 0 Å². The van der Waals surface area contributed by atoms with Gasteiger partial charge in [0.25, 0.3) is 5.56 Å². The van der Waals surface area contributed by atoms with Crippen molar-refractivity contribution in [2.75, 3.05) is 6.61 Å². The summed E-state index contributed by atoms with van der Waals surface area (Å²) in [6, 6.07) is 6.31. The van der Waals surface area contributed by atoms with E-state index in [1.165, 1.54) is 36.3 Å². The van der Waals surface area contributed by atoms with Crippen LogP contribution in [0.3, 0.4) is 0 Å². The zero-order valence-electron chi connectivity index (χ0n) is 14.0. The number of aromatic nitrogens is 4. The number of rotatable bonds is 5. The normalized spacial score (nSPS) is 17.0. The van der Waals surface area contributed by atoms with Crippen LogP contribution >= 0.6 is 11.8 Å². The molecule has 8 heteroatoms. The Morgan fingerprint density at radius 2 is 2.04 bits per heavy atom. The summed E-state index contributed by atoms with van der Waals surface area (Å²) < 4.78 is 20.4. The molecule has 1 atom stereocenters. The highest BCUT2D eigenvalue weighted by Crippen LogP contribution is 2.23. The van der Waals surface area contributed by atoms with Crippen molar-refractivity contribution in [2.24, 2.45) is 0 Å². The third kappa shape index (κ3) is 3.61. The van der Waals surface area contributed by atoms with Gasteiger partial charge in [-0.05, 0) is 30.5 Å². The Labute approximate surface area is 153 Å². The lowest BCUT2D eigenvalue weighted by Gasteiger charge is -2.15. The van der Waals surface area contributed by atoms with Gasteiger partial charge in [-0.15, -0.1) is 0 Å². The minimum Gasteiger partial charge on any atom is -0.376 e. The van der Waals surface area contributed by atoms with Crippen molar-refractivity contribution < 1.29 is 9.13 Å². The molecule has 0 bridgehead atoms. The van der Waals surface area contributed by atoms with E-state index in [0.29, 0.717) is 23.1 Å². The fraction of sp³-hybridized carbons (Fsp3) is 0.333. The average molecular weight is 372 g/mol. The summed E-state index contributed by atoms with van der Waals surface area (Å²) in [4.78, 5) is 25.7. The summed E-state index contributed by atoms with van der Waals surface area (Å²) in [5, 5.41) is 0.572. The quantitative estimate of drug-likeness (QED) is 0.507. The van der Waals surface area contributed by atoms with Crippen LogP contribution in [-0.4, -0.2) is 32.2 Å². The van der Waals surface area contributed by atoms with E-state index in [-0.39, 0.29) is 23.0 Å². The maximum absolute atomic E-state index is 13.1. The molecule has 1 saturated heterocycles. The van der Waals surface area contributed by atoms with E-state index in [1.54, 1.807) is 16.7 Å². The van der Waals surface area contributed by atoms with Crippen LogP contribution in [-0.2, 0) is 17.0 Å². The van der Waals surface area contributed by atoms with Crippen molar-refractivity contribution in [3.05, 3.63) is 58.4 Å². The molecule has 0 radical (unpaired) electrons. The summed E-state index contributed by atoms with van der Waals surface area (Å²) in [6.07, 6.45) is 4.94. The van der Waals surface area contributed by atoms with E-state index in [2.05, 4.69) is 15.0 Å². The number of nitrogens with zero attached hydrogens (tertiary/aromatic N) is 4. The van der Waals surface area contributed by atoms with Crippen molar-refractivity contribution in [1.29, 1.82) is 0 Å². The van der Waals surface area contributed by atoms with Gasteiger partial charge in [0.15, 0.2) is 16.3 Å². The Kier molecular flexibility index (Phi) is 4.94. The van der Waals surface area contributed by atoms with Crippen molar-refractivity contribution in [3.63, 3.8) is 0 Å². The number of hydrogen-bond acceptors (Lipinski definition) is 6. The molecule has 1 aromatic carbocycles. The van der Waals surface area contributed by atoms with Crippen LogP contribution < -0.4 is 5.56 Å². The number of halogens is 1. The molecule has 4 rings (SSSR count). The predicted molar refractivity (Wildman–Crippen MR) is 96.5 cm³/mol. The molecule has 0 N–H and O–H groups in total. The van der Waals surface area contributed by atoms with Gasteiger partial charge in [0, 0.05) is 24.8 Å². The predicted octanol–water partition coefficient (Wildman–Crippen LogP) is 2.80. The molecule has 6 nitrogen and oxygen atoms in total. The zero-order valence-corrected chi connectivity index (χ0v) is 14.8. The van der Waals surface area contributed by atoms with Crippen LogP contribution in [0.25, 0.3) is 11.2 Å². The molecule has 3 aromatic rings. The number of thioether (sulfide) groups is 1. The summed E-state index contributed by atoms with van der Waals surface area (Å²) >= 11 is 1.42. The first-order valence-electron chi connectivity index (χ1n) is 8.41. The molecule has 1 aliphatic heterocycles. The van der Waals surface area contributed by atoms with Gasteiger partial charge in [0.2, 0.25) is 0 Å². The van der Waals surface area contributed by atoms with Gasteiger partial charge in [-0.1, -0.05) is 23.9 Å². The number of hydrogen-bond donors (Lipinski definition) is 0. The third-order valence-corrected chi connectivity index (χ3v) is 5.30. The molecule has 0 saturated carbocycles. The topological polar surface area (TPSA) is 69.9 Å². The van der Waals surface area contributed by atoms with Crippen LogP contribution in [0.1, 0.15) is 18.4 Å². The van der Waals surface area contributed by atoms with Crippen LogP contribution in [0, 0.1) is 5.82 Å². The lowest BCUT2D eigenvalue weighted by atomic mass is 10.2. The summed E-state index contributed by atoms with van der Waals surface area (Å²) in [6.45, 7) is 1.17. The summed E-state index contributed by atoms with van der Waals surface area (Å²) in [5.41, 5.74) is 1.34. The molecule has 1 fully saturated rings. The molecular weight excluding hydrogens is 355 g/mol. The van der Waals surface area contributed by atoms with Gasteiger partial charge in [0.1, 0.15) is 5.82 Å². The average Bonchev–Trinajstić information content (AvgIpc) is 3.17. The molecule has 0 amide bonds. The van der Waals surface area contributed by atoms with Crippen LogP contribution in [0.15, 0.2) is 46.6 Å². The smallest absolute Gasteiger partial charge is 0.282 e. The number of fused-ring (bicyclic) bond motifs is 1. The van der Waals surface area contributed by atoms with E-state index in [1.807, 2.05) is 0 Å². The Morgan fingerprint density at radius 1 is 1.23 bits per heavy atom. The second-order valence-electron chi connectivity index (χ2n) is 6.09. The molecular formula is C18H17FN4O2S. The van der Waals surface area contributed by atoms with Crippen LogP contribution in [0.5, 0.6) is 0 Å². The molecule has 0 spiro atoms. The number of ether oxygens (including phenoxy) is 1. The zero-order chi connectivity index (χ0) is 17.9. The monoisotopic (exact) mass is 372 g/mol. The Balaban J connectivity index is 1.68. The van der Waals surface area contributed by atoms with Gasteiger partial charge in [-0.2, -0.15) is 0 Å². The highest BCUT2D eigenvalue weighted by atomic mass is 32.2. The van der Waals surface area contributed by atoms with E-state index in [0.717, 1.165) is 25.0 Å². The molecule has 2 aromatic heterocycles. The minimum absolute atomic E-state index is 0.00814. The van der Waals surface area contributed by atoms with Crippen LogP contribution in [0.2, 0.25) is 0 Å². The molecule has 3 heterocycles. The SMILES string of the molecule is O=c1c2nccnc2nc(SCc2ccc(F)cc2)n1CC1CCCO1. The minimum atomic E-state index is -0.270. The molecule has 1 unspecified atom stereocenters. The van der Waals surface area contributed by atoms with Gasteiger partial charge in [0.05, 0.1) is 12.6 Å². The molecule has 26 heavy (non-hydrogen) atoms. The molecule has 0 aliphatic carbocycles. The molecule has 134 valence electrons. The summed E-state index contributed by atoms with van der Waals surface area (Å²) in [5.74, 6) is 0.303. The van der Waals surface area contributed by atoms with Crippen molar-refractivity contribution in [3.8, 4) is 0 Å². The summed E-state index contributed by atoms with van der Waals surface area (Å²) in [7, 11) is 0. The van der Waals surface area contributed by atoms with Crippen molar-refractivity contribution in [2.45, 2.75) is 36.4 Å². The maximum atomic E-state index is 13.1. The lowest BCUT2D eigenvalue weighted by Crippen LogP contribution is -2.29. The second-order valence-corrected chi connectivity index (χ2v) is 7.03. The number of benzene rings is 1. The van der Waals surface area contributed by atoms with E-state index in [9.17, 15) is 9.18 Å². The van der Waals surface area contributed by atoms with Crippen molar-refractivity contribution in [1.82, 2.24) is 19.5 Å². The standard InChI is InChI=1S/C18H17FN4O2S/c19-13-5-3-12(4-6-13)11-26-18-22-16-15(20-7-8-21-16)17(24)23(18)10-14-2-1-9-25-14/h3-8,14H,1-2,9-11H2. The first-order valence-corrected chi connectivity index (χ1v) is 9.39. The Hall–Kier alpha value is -2.32. The van der Waals surface area contributed by atoms with Gasteiger partial charge in [-0.3, -0.25) is 9.36 Å². The maximum Gasteiger partial charge on any atom is 0.282 e. The Morgan fingerprint density at radius 3 is 2.81 bits per heavy atom. The Bertz CT molecular complexity index is 971. The second kappa shape index (κ2) is 7.51. The lowest BCUT2D eigenvalue weighted by molar-refractivity contribution is 0.0937. The fourth-order valence-corrected chi connectivity index (χ4v) is 3.87. The van der Waals surface area contributed by atoms with E-state index >= 15 is 0 Å². The largest absolute Gasteiger partial charge is 0.376 e. The van der Waals surface area contributed by atoms with E-state index < -0.39 is 0 Å². The van der Waals surface area contributed by atoms with Gasteiger partial charge in [-0.25, -0.2) is 19.3 Å². The third-order valence-electron chi connectivity index (χ3n) is 4.25. The first-order chi connectivity index (χ1) is 12.7.